The number of para-hydroxylation sites is 2. The Labute approximate surface area is 158 Å². The first-order valence-electron chi connectivity index (χ1n) is 8.99. The smallest absolute Gasteiger partial charge is 0.347 e. The zero-order valence-electron chi connectivity index (χ0n) is 15.7. The fraction of sp³-hybridized carbons (Fsp3) is 0.333. The molecule has 6 heteroatoms. The van der Waals surface area contributed by atoms with Crippen molar-refractivity contribution in [1.82, 2.24) is 10.3 Å². The largest absolute Gasteiger partial charge is 0.478 e. The topological polar surface area (TPSA) is 84.6 Å². The van der Waals surface area contributed by atoms with E-state index in [1.54, 1.807) is 6.07 Å². The summed E-state index contributed by atoms with van der Waals surface area (Å²) in [5.41, 5.74) is 1.35. The van der Waals surface area contributed by atoms with Gasteiger partial charge in [0.2, 0.25) is 5.89 Å². The van der Waals surface area contributed by atoms with Crippen molar-refractivity contribution in [3.8, 4) is 5.75 Å². The van der Waals surface area contributed by atoms with Crippen LogP contribution < -0.4 is 10.1 Å². The molecule has 0 bridgehead atoms. The molecule has 0 fully saturated rings. The molecule has 27 heavy (non-hydrogen) atoms. The number of aliphatic carboxylic acids is 1. The molecule has 1 atom stereocenters. The molecular weight excluding hydrogens is 344 g/mol. The van der Waals surface area contributed by atoms with Gasteiger partial charge in [0.15, 0.2) is 11.2 Å². The molecule has 3 aromatic rings. The van der Waals surface area contributed by atoms with Crippen LogP contribution in [0.3, 0.4) is 0 Å². The predicted molar refractivity (Wildman–Crippen MR) is 103 cm³/mol. The van der Waals surface area contributed by atoms with Crippen LogP contribution in [0.4, 0.5) is 0 Å². The minimum absolute atomic E-state index is 0.0662. The maximum atomic E-state index is 11.3. The number of ether oxygens (including phenoxy) is 1. The minimum atomic E-state index is -1.29. The van der Waals surface area contributed by atoms with Crippen LogP contribution in [-0.2, 0) is 11.3 Å². The number of hydrogen-bond acceptors (Lipinski definition) is 5. The predicted octanol–water partition coefficient (Wildman–Crippen LogP) is 4.31. The Kier molecular flexibility index (Phi) is 5.46. The van der Waals surface area contributed by atoms with Gasteiger partial charge in [-0.1, -0.05) is 31.2 Å². The van der Waals surface area contributed by atoms with Gasteiger partial charge in [-0.3, -0.25) is 0 Å². The summed E-state index contributed by atoms with van der Waals surface area (Å²) >= 11 is 0. The highest BCUT2D eigenvalue weighted by Crippen LogP contribution is 2.25. The third-order valence-electron chi connectivity index (χ3n) is 4.39. The number of aromatic nitrogens is 1. The van der Waals surface area contributed by atoms with Crippen LogP contribution in [0.2, 0.25) is 0 Å². The summed E-state index contributed by atoms with van der Waals surface area (Å²) in [5.74, 6) is 0.158. The molecular formula is C21H24N2O4. The summed E-state index contributed by atoms with van der Waals surface area (Å²) in [6, 6.07) is 15.2. The molecule has 0 amide bonds. The van der Waals surface area contributed by atoms with E-state index in [-0.39, 0.29) is 6.04 Å². The summed E-state index contributed by atoms with van der Waals surface area (Å²) in [6.45, 7) is 5.65. The molecule has 1 heterocycles. The Morgan fingerprint density at radius 1 is 1.26 bits per heavy atom. The molecule has 0 saturated heterocycles. The van der Waals surface area contributed by atoms with Crippen LogP contribution >= 0.6 is 0 Å². The van der Waals surface area contributed by atoms with E-state index >= 15 is 0 Å². The third kappa shape index (κ3) is 4.46. The van der Waals surface area contributed by atoms with Crippen LogP contribution in [0.15, 0.2) is 52.9 Å². The molecule has 3 rings (SSSR count). The average molecular weight is 368 g/mol. The van der Waals surface area contributed by atoms with Crippen molar-refractivity contribution in [1.29, 1.82) is 0 Å². The summed E-state index contributed by atoms with van der Waals surface area (Å²) in [7, 11) is 0. The van der Waals surface area contributed by atoms with Gasteiger partial charge in [-0.25, -0.2) is 9.78 Å². The van der Waals surface area contributed by atoms with Crippen molar-refractivity contribution in [2.24, 2.45) is 0 Å². The highest BCUT2D eigenvalue weighted by Gasteiger charge is 2.29. The van der Waals surface area contributed by atoms with E-state index in [0.717, 1.165) is 23.1 Å². The lowest BCUT2D eigenvalue weighted by molar-refractivity contribution is -0.152. The molecule has 0 radical (unpaired) electrons. The molecule has 0 aliphatic rings. The first-order chi connectivity index (χ1) is 12.9. The second-order valence-corrected chi connectivity index (χ2v) is 6.91. The Morgan fingerprint density at radius 3 is 2.74 bits per heavy atom. The first kappa shape index (κ1) is 18.9. The monoisotopic (exact) mass is 368 g/mol. The quantitative estimate of drug-likeness (QED) is 0.616. The van der Waals surface area contributed by atoms with Gasteiger partial charge in [-0.05, 0) is 50.1 Å². The summed E-state index contributed by atoms with van der Waals surface area (Å²) < 4.78 is 11.4. The van der Waals surface area contributed by atoms with Crippen LogP contribution in [-0.4, -0.2) is 21.7 Å². The van der Waals surface area contributed by atoms with Gasteiger partial charge >= 0.3 is 5.97 Å². The molecule has 2 aromatic carbocycles. The highest BCUT2D eigenvalue weighted by atomic mass is 16.5. The standard InChI is InChI=1S/C21H24N2O4/c1-4-16(22-13-19-23-17-10-5-6-11-18(17)26-19)14-8-7-9-15(12-14)27-21(2,3)20(24)25/h5-12,16,22H,4,13H2,1-3H3,(H,24,25). The Bertz CT molecular complexity index is 900. The van der Waals surface area contributed by atoms with Gasteiger partial charge < -0.3 is 19.6 Å². The zero-order valence-corrected chi connectivity index (χ0v) is 15.7. The number of fused-ring (bicyclic) bond motifs is 1. The van der Waals surface area contributed by atoms with Crippen molar-refractivity contribution in [3.05, 3.63) is 60.0 Å². The highest BCUT2D eigenvalue weighted by molar-refractivity contribution is 5.76. The number of oxazole rings is 1. The first-order valence-corrected chi connectivity index (χ1v) is 8.99. The number of nitrogens with one attached hydrogen (secondary N) is 1. The van der Waals surface area contributed by atoms with Gasteiger partial charge in [0.25, 0.3) is 0 Å². The number of rotatable bonds is 8. The molecule has 6 nitrogen and oxygen atoms in total. The fourth-order valence-corrected chi connectivity index (χ4v) is 2.84. The third-order valence-corrected chi connectivity index (χ3v) is 4.39. The SMILES string of the molecule is CCC(NCc1nc2ccccc2o1)c1cccc(OC(C)(C)C(=O)O)c1. The molecule has 1 unspecified atom stereocenters. The van der Waals surface area contributed by atoms with Crippen molar-refractivity contribution in [2.45, 2.75) is 45.4 Å². The van der Waals surface area contributed by atoms with E-state index in [1.807, 2.05) is 42.5 Å². The molecule has 2 N–H and O–H groups in total. The zero-order chi connectivity index (χ0) is 19.4. The van der Waals surface area contributed by atoms with E-state index in [9.17, 15) is 9.90 Å². The molecule has 0 aliphatic carbocycles. The number of carboxylic acids is 1. The van der Waals surface area contributed by atoms with Crippen LogP contribution in [0.1, 0.15) is 44.7 Å². The summed E-state index contributed by atoms with van der Waals surface area (Å²) in [5, 5.41) is 12.7. The molecule has 0 saturated carbocycles. The normalized spacial score (nSPS) is 12.9. The number of hydrogen-bond donors (Lipinski definition) is 2. The van der Waals surface area contributed by atoms with Crippen molar-refractivity contribution >= 4 is 17.1 Å². The van der Waals surface area contributed by atoms with E-state index in [2.05, 4.69) is 17.2 Å². The van der Waals surface area contributed by atoms with Gasteiger partial charge in [0, 0.05) is 6.04 Å². The summed E-state index contributed by atoms with van der Waals surface area (Å²) in [6.07, 6.45) is 0.853. The van der Waals surface area contributed by atoms with Crippen molar-refractivity contribution in [2.75, 3.05) is 0 Å². The van der Waals surface area contributed by atoms with Crippen LogP contribution in [0.5, 0.6) is 5.75 Å². The van der Waals surface area contributed by atoms with Gasteiger partial charge in [0.05, 0.1) is 6.54 Å². The van der Waals surface area contributed by atoms with E-state index in [4.69, 9.17) is 9.15 Å². The summed E-state index contributed by atoms with van der Waals surface area (Å²) in [4.78, 5) is 15.8. The maximum absolute atomic E-state index is 11.3. The fourth-order valence-electron chi connectivity index (χ4n) is 2.84. The Balaban J connectivity index is 1.71. The van der Waals surface area contributed by atoms with E-state index < -0.39 is 11.6 Å². The minimum Gasteiger partial charge on any atom is -0.478 e. The van der Waals surface area contributed by atoms with Crippen molar-refractivity contribution in [3.63, 3.8) is 0 Å². The van der Waals surface area contributed by atoms with E-state index in [0.29, 0.717) is 18.2 Å². The Hall–Kier alpha value is -2.86. The Morgan fingerprint density at radius 2 is 2.04 bits per heavy atom. The molecule has 0 spiro atoms. The maximum Gasteiger partial charge on any atom is 0.347 e. The van der Waals surface area contributed by atoms with E-state index in [1.165, 1.54) is 13.8 Å². The number of nitrogens with zero attached hydrogens (tertiary/aromatic N) is 1. The van der Waals surface area contributed by atoms with Gasteiger partial charge in [0.1, 0.15) is 11.3 Å². The lowest BCUT2D eigenvalue weighted by Crippen LogP contribution is -2.37. The number of benzene rings is 2. The van der Waals surface area contributed by atoms with Gasteiger partial charge in [-0.2, -0.15) is 0 Å². The lowest BCUT2D eigenvalue weighted by Gasteiger charge is -2.23. The average Bonchev–Trinajstić information content (AvgIpc) is 3.05. The second-order valence-electron chi connectivity index (χ2n) is 6.91. The molecule has 0 aliphatic heterocycles. The van der Waals surface area contributed by atoms with Crippen LogP contribution in [0, 0.1) is 0 Å². The second kappa shape index (κ2) is 7.80. The van der Waals surface area contributed by atoms with Crippen molar-refractivity contribution < 1.29 is 19.1 Å². The number of carbonyl (C=O) groups is 1. The molecule has 142 valence electrons. The van der Waals surface area contributed by atoms with Gasteiger partial charge in [-0.15, -0.1) is 0 Å². The lowest BCUT2D eigenvalue weighted by atomic mass is 10.0. The number of carboxylic acid groups (broad SMARTS) is 1. The van der Waals surface area contributed by atoms with Crippen LogP contribution in [0.25, 0.3) is 11.1 Å². The molecule has 1 aromatic heterocycles.